The molecule has 4 heteroatoms. The second kappa shape index (κ2) is 6.55. The SMILES string of the molecule is c1cnnc(CNCCCN2CCCC2)c1. The van der Waals surface area contributed by atoms with E-state index in [1.807, 2.05) is 12.1 Å². The van der Waals surface area contributed by atoms with Crippen LogP contribution in [0.15, 0.2) is 18.3 Å². The number of hydrogen-bond acceptors (Lipinski definition) is 4. The maximum absolute atomic E-state index is 4.03. The molecule has 0 unspecified atom stereocenters. The Morgan fingerprint density at radius 3 is 2.94 bits per heavy atom. The summed E-state index contributed by atoms with van der Waals surface area (Å²) < 4.78 is 0. The van der Waals surface area contributed by atoms with Gasteiger partial charge in [-0.25, -0.2) is 0 Å². The lowest BCUT2D eigenvalue weighted by Gasteiger charge is -2.14. The highest BCUT2D eigenvalue weighted by Crippen LogP contribution is 2.06. The number of nitrogens with one attached hydrogen (secondary N) is 1. The van der Waals surface area contributed by atoms with Gasteiger partial charge in [0, 0.05) is 12.7 Å². The molecule has 1 aromatic rings. The van der Waals surface area contributed by atoms with Crippen molar-refractivity contribution in [3.8, 4) is 0 Å². The third-order valence-electron chi connectivity index (χ3n) is 2.96. The molecule has 0 spiro atoms. The van der Waals surface area contributed by atoms with Gasteiger partial charge in [-0.1, -0.05) is 0 Å². The molecule has 2 rings (SSSR count). The molecule has 0 bridgehead atoms. The van der Waals surface area contributed by atoms with E-state index in [9.17, 15) is 0 Å². The zero-order valence-corrected chi connectivity index (χ0v) is 9.73. The third kappa shape index (κ3) is 3.87. The van der Waals surface area contributed by atoms with Gasteiger partial charge in [-0.15, -0.1) is 0 Å². The van der Waals surface area contributed by atoms with Crippen LogP contribution in [0.3, 0.4) is 0 Å². The first-order valence-corrected chi connectivity index (χ1v) is 6.15. The lowest BCUT2D eigenvalue weighted by molar-refractivity contribution is 0.331. The summed E-state index contributed by atoms with van der Waals surface area (Å²) in [6.45, 7) is 5.71. The predicted octanol–water partition coefficient (Wildman–Crippen LogP) is 1.05. The fourth-order valence-electron chi connectivity index (χ4n) is 2.08. The number of likely N-dealkylation sites (tertiary alicyclic amines) is 1. The topological polar surface area (TPSA) is 41.1 Å². The molecule has 1 fully saturated rings. The molecule has 16 heavy (non-hydrogen) atoms. The molecular weight excluding hydrogens is 200 g/mol. The van der Waals surface area contributed by atoms with E-state index in [4.69, 9.17) is 0 Å². The summed E-state index contributed by atoms with van der Waals surface area (Å²) >= 11 is 0. The van der Waals surface area contributed by atoms with Gasteiger partial charge < -0.3 is 10.2 Å². The molecular formula is C12H20N4. The predicted molar refractivity (Wildman–Crippen MR) is 64.0 cm³/mol. The van der Waals surface area contributed by atoms with Crippen LogP contribution in [0, 0.1) is 0 Å². The van der Waals surface area contributed by atoms with Gasteiger partial charge in [0.15, 0.2) is 0 Å². The van der Waals surface area contributed by atoms with Crippen LogP contribution in [0.4, 0.5) is 0 Å². The normalized spacial score (nSPS) is 16.8. The Balaban J connectivity index is 1.52. The molecule has 1 aliphatic rings. The highest BCUT2D eigenvalue weighted by Gasteiger charge is 2.09. The summed E-state index contributed by atoms with van der Waals surface area (Å²) in [5.41, 5.74) is 1.02. The summed E-state index contributed by atoms with van der Waals surface area (Å²) in [7, 11) is 0. The Morgan fingerprint density at radius 1 is 1.31 bits per heavy atom. The Labute approximate surface area is 97.1 Å². The summed E-state index contributed by atoms with van der Waals surface area (Å²) in [5, 5.41) is 11.3. The molecule has 0 amide bonds. The molecule has 4 nitrogen and oxygen atoms in total. The average molecular weight is 220 g/mol. The first kappa shape index (κ1) is 11.5. The fourth-order valence-corrected chi connectivity index (χ4v) is 2.08. The highest BCUT2D eigenvalue weighted by molar-refractivity contribution is 4.98. The standard InChI is InChI=1S/C12H20N4/c1-2-9-16(8-1)10-4-6-13-11-12-5-3-7-14-15-12/h3,5,7,13H,1-2,4,6,8-11H2. The van der Waals surface area contributed by atoms with Crippen molar-refractivity contribution in [3.05, 3.63) is 24.0 Å². The molecule has 1 N–H and O–H groups in total. The molecule has 2 heterocycles. The molecule has 1 aliphatic heterocycles. The van der Waals surface area contributed by atoms with Crippen molar-refractivity contribution < 1.29 is 0 Å². The zero-order chi connectivity index (χ0) is 11.1. The summed E-state index contributed by atoms with van der Waals surface area (Å²) in [6, 6.07) is 3.93. The van der Waals surface area contributed by atoms with Crippen molar-refractivity contribution in [2.24, 2.45) is 0 Å². The molecule has 1 aromatic heterocycles. The molecule has 0 aliphatic carbocycles. The van der Waals surface area contributed by atoms with Crippen molar-refractivity contribution in [1.82, 2.24) is 20.4 Å². The van der Waals surface area contributed by atoms with Gasteiger partial charge >= 0.3 is 0 Å². The lowest BCUT2D eigenvalue weighted by atomic mass is 10.3. The first-order valence-electron chi connectivity index (χ1n) is 6.15. The van der Waals surface area contributed by atoms with Crippen LogP contribution >= 0.6 is 0 Å². The minimum absolute atomic E-state index is 0.827. The van der Waals surface area contributed by atoms with Crippen molar-refractivity contribution >= 4 is 0 Å². The highest BCUT2D eigenvalue weighted by atomic mass is 15.1. The van der Waals surface area contributed by atoms with E-state index in [1.54, 1.807) is 6.20 Å². The number of nitrogens with zero attached hydrogens (tertiary/aromatic N) is 3. The van der Waals surface area contributed by atoms with Gasteiger partial charge in [0.05, 0.1) is 5.69 Å². The summed E-state index contributed by atoms with van der Waals surface area (Å²) in [6.07, 6.45) is 5.69. The van der Waals surface area contributed by atoms with Crippen molar-refractivity contribution in [2.45, 2.75) is 25.8 Å². The summed E-state index contributed by atoms with van der Waals surface area (Å²) in [4.78, 5) is 2.55. The molecule has 88 valence electrons. The number of rotatable bonds is 6. The van der Waals surface area contributed by atoms with Crippen LogP contribution in [0.1, 0.15) is 25.0 Å². The Hall–Kier alpha value is -1.00. The van der Waals surface area contributed by atoms with Crippen LogP contribution in [0.5, 0.6) is 0 Å². The average Bonchev–Trinajstić information content (AvgIpc) is 2.83. The third-order valence-corrected chi connectivity index (χ3v) is 2.96. The monoisotopic (exact) mass is 220 g/mol. The van der Waals surface area contributed by atoms with Gasteiger partial charge in [0.2, 0.25) is 0 Å². The Kier molecular flexibility index (Phi) is 4.70. The van der Waals surface area contributed by atoms with Crippen LogP contribution in [-0.2, 0) is 6.54 Å². The van der Waals surface area contributed by atoms with E-state index in [1.165, 1.54) is 38.9 Å². The van der Waals surface area contributed by atoms with Crippen LogP contribution in [0.25, 0.3) is 0 Å². The van der Waals surface area contributed by atoms with Gasteiger partial charge in [-0.05, 0) is 57.6 Å². The van der Waals surface area contributed by atoms with Gasteiger partial charge in [0.25, 0.3) is 0 Å². The molecule has 0 atom stereocenters. The van der Waals surface area contributed by atoms with E-state index in [2.05, 4.69) is 20.4 Å². The van der Waals surface area contributed by atoms with Crippen LogP contribution < -0.4 is 5.32 Å². The van der Waals surface area contributed by atoms with Gasteiger partial charge in [-0.2, -0.15) is 10.2 Å². The minimum atomic E-state index is 0.827. The smallest absolute Gasteiger partial charge is 0.0768 e. The first-order chi connectivity index (χ1) is 7.95. The Bertz CT molecular complexity index is 282. The van der Waals surface area contributed by atoms with Gasteiger partial charge in [-0.3, -0.25) is 0 Å². The second-order valence-corrected chi connectivity index (χ2v) is 4.29. The molecule has 0 aromatic carbocycles. The van der Waals surface area contributed by atoms with E-state index in [0.717, 1.165) is 18.8 Å². The van der Waals surface area contributed by atoms with Crippen molar-refractivity contribution in [3.63, 3.8) is 0 Å². The van der Waals surface area contributed by atoms with Crippen LogP contribution in [-0.4, -0.2) is 41.3 Å². The van der Waals surface area contributed by atoms with E-state index in [0.29, 0.717) is 0 Å². The maximum atomic E-state index is 4.03. The number of hydrogen-bond donors (Lipinski definition) is 1. The fraction of sp³-hybridized carbons (Fsp3) is 0.667. The Morgan fingerprint density at radius 2 is 2.19 bits per heavy atom. The largest absolute Gasteiger partial charge is 0.311 e. The number of aromatic nitrogens is 2. The second-order valence-electron chi connectivity index (χ2n) is 4.29. The summed E-state index contributed by atoms with van der Waals surface area (Å²) in [5.74, 6) is 0. The van der Waals surface area contributed by atoms with E-state index < -0.39 is 0 Å². The molecule has 1 saturated heterocycles. The lowest BCUT2D eigenvalue weighted by Crippen LogP contribution is -2.24. The van der Waals surface area contributed by atoms with Gasteiger partial charge in [0.1, 0.15) is 0 Å². The minimum Gasteiger partial charge on any atom is -0.311 e. The van der Waals surface area contributed by atoms with E-state index in [-0.39, 0.29) is 0 Å². The van der Waals surface area contributed by atoms with Crippen molar-refractivity contribution in [1.29, 1.82) is 0 Å². The van der Waals surface area contributed by atoms with Crippen molar-refractivity contribution in [2.75, 3.05) is 26.2 Å². The zero-order valence-electron chi connectivity index (χ0n) is 9.73. The molecule has 0 radical (unpaired) electrons. The van der Waals surface area contributed by atoms with E-state index >= 15 is 0 Å². The quantitative estimate of drug-likeness (QED) is 0.728. The molecule has 0 saturated carbocycles. The maximum Gasteiger partial charge on any atom is 0.0768 e. The van der Waals surface area contributed by atoms with Crippen LogP contribution in [0.2, 0.25) is 0 Å².